The van der Waals surface area contributed by atoms with Crippen LogP contribution in [0.15, 0.2) is 0 Å². The zero-order chi connectivity index (χ0) is 11.9. The molecule has 2 N–H and O–H groups in total. The Morgan fingerprint density at radius 1 is 1.44 bits per heavy atom. The van der Waals surface area contributed by atoms with Crippen LogP contribution in [0, 0.1) is 0 Å². The van der Waals surface area contributed by atoms with Crippen LogP contribution in [0.25, 0.3) is 0 Å². The maximum Gasteiger partial charge on any atom is 0.222 e. The van der Waals surface area contributed by atoms with Gasteiger partial charge in [0, 0.05) is 42.1 Å². The van der Waals surface area contributed by atoms with Crippen LogP contribution in [-0.2, 0) is 9.53 Å². The Kier molecular flexibility index (Phi) is 8.50. The van der Waals surface area contributed by atoms with Gasteiger partial charge in [-0.2, -0.15) is 23.5 Å². The van der Waals surface area contributed by atoms with Gasteiger partial charge in [0.25, 0.3) is 0 Å². The average Bonchev–Trinajstić information content (AvgIpc) is 2.39. The van der Waals surface area contributed by atoms with Gasteiger partial charge >= 0.3 is 0 Å². The molecule has 0 radical (unpaired) electrons. The monoisotopic (exact) mass is 312 g/mol. The first-order valence-corrected chi connectivity index (χ1v) is 8.33. The van der Waals surface area contributed by atoms with Gasteiger partial charge in [-0.05, 0) is 0 Å². The lowest BCUT2D eigenvalue weighted by Crippen LogP contribution is -2.42. The molecule has 2 rings (SSSR count). The molecule has 0 aromatic rings. The molecule has 0 aliphatic carbocycles. The Labute approximate surface area is 123 Å². The van der Waals surface area contributed by atoms with Gasteiger partial charge in [0.15, 0.2) is 0 Å². The fourth-order valence-electron chi connectivity index (χ4n) is 1.91. The molecule has 106 valence electrons. The van der Waals surface area contributed by atoms with Crippen molar-refractivity contribution in [1.29, 1.82) is 0 Å². The summed E-state index contributed by atoms with van der Waals surface area (Å²) >= 11 is 3.96. The standard InChI is InChI=1S/C11H20N2O2S2.ClH/c14-11(5-9-6-12-1-2-15-9)13-7-10-8-16-3-4-17-10;/h9-10,12H,1-8H2,(H,13,14);1H. The third-order valence-corrected chi connectivity index (χ3v) is 5.67. The molecule has 2 saturated heterocycles. The van der Waals surface area contributed by atoms with Crippen molar-refractivity contribution in [3.63, 3.8) is 0 Å². The fourth-order valence-corrected chi connectivity index (χ4v) is 4.52. The summed E-state index contributed by atoms with van der Waals surface area (Å²) in [5.41, 5.74) is 0. The van der Waals surface area contributed by atoms with Crippen molar-refractivity contribution in [2.75, 3.05) is 43.5 Å². The number of carbonyl (C=O) groups excluding carboxylic acids is 1. The Bertz CT molecular complexity index is 247. The third-order valence-electron chi connectivity index (χ3n) is 2.83. The van der Waals surface area contributed by atoms with E-state index < -0.39 is 0 Å². The predicted octanol–water partition coefficient (Wildman–Crippen LogP) is 0.752. The molecule has 0 aromatic heterocycles. The number of carbonyl (C=O) groups is 1. The molecule has 0 bridgehead atoms. The molecule has 1 amide bonds. The normalized spacial score (nSPS) is 28.2. The smallest absolute Gasteiger partial charge is 0.222 e. The minimum absolute atomic E-state index is 0. The van der Waals surface area contributed by atoms with E-state index >= 15 is 0 Å². The molecule has 2 atom stereocenters. The van der Waals surface area contributed by atoms with E-state index in [1.165, 1.54) is 11.5 Å². The first-order chi connectivity index (χ1) is 8.34. The highest BCUT2D eigenvalue weighted by molar-refractivity contribution is 8.06. The van der Waals surface area contributed by atoms with Crippen molar-refractivity contribution in [3.05, 3.63) is 0 Å². The van der Waals surface area contributed by atoms with Gasteiger partial charge in [0.2, 0.25) is 5.91 Å². The van der Waals surface area contributed by atoms with E-state index in [9.17, 15) is 4.79 Å². The zero-order valence-corrected chi connectivity index (χ0v) is 12.8. The molecule has 2 fully saturated rings. The summed E-state index contributed by atoms with van der Waals surface area (Å²) in [5.74, 6) is 3.74. The van der Waals surface area contributed by atoms with Crippen LogP contribution >= 0.6 is 35.9 Å². The summed E-state index contributed by atoms with van der Waals surface area (Å²) in [5, 5.41) is 6.84. The van der Waals surface area contributed by atoms with E-state index in [-0.39, 0.29) is 24.4 Å². The summed E-state index contributed by atoms with van der Waals surface area (Å²) < 4.78 is 5.51. The van der Waals surface area contributed by atoms with E-state index in [1.54, 1.807) is 0 Å². The van der Waals surface area contributed by atoms with Gasteiger partial charge in [0.05, 0.1) is 19.1 Å². The average molecular weight is 313 g/mol. The molecule has 18 heavy (non-hydrogen) atoms. The molecular formula is C11H21ClN2O2S2. The summed E-state index contributed by atoms with van der Waals surface area (Å²) in [6.45, 7) is 3.21. The number of hydrogen-bond donors (Lipinski definition) is 2. The Morgan fingerprint density at radius 3 is 3.00 bits per heavy atom. The van der Waals surface area contributed by atoms with Crippen molar-refractivity contribution in [3.8, 4) is 0 Å². The van der Waals surface area contributed by atoms with Gasteiger partial charge in [-0.1, -0.05) is 0 Å². The summed E-state index contributed by atoms with van der Waals surface area (Å²) in [6, 6.07) is 0. The minimum Gasteiger partial charge on any atom is -0.375 e. The second-order valence-electron chi connectivity index (χ2n) is 4.27. The lowest BCUT2D eigenvalue weighted by molar-refractivity contribution is -0.124. The molecule has 2 aliphatic heterocycles. The van der Waals surface area contributed by atoms with Crippen LogP contribution in [0.3, 0.4) is 0 Å². The molecule has 4 nitrogen and oxygen atoms in total. The first-order valence-electron chi connectivity index (χ1n) is 6.13. The zero-order valence-electron chi connectivity index (χ0n) is 10.4. The number of nitrogens with one attached hydrogen (secondary N) is 2. The van der Waals surface area contributed by atoms with Crippen molar-refractivity contribution < 1.29 is 9.53 Å². The molecule has 0 spiro atoms. The Morgan fingerprint density at radius 2 is 2.33 bits per heavy atom. The third kappa shape index (κ3) is 6.02. The maximum absolute atomic E-state index is 11.7. The van der Waals surface area contributed by atoms with Crippen LogP contribution in [0.4, 0.5) is 0 Å². The lowest BCUT2D eigenvalue weighted by atomic mass is 10.2. The quantitative estimate of drug-likeness (QED) is 0.802. The summed E-state index contributed by atoms with van der Waals surface area (Å²) in [6.07, 6.45) is 0.537. The highest BCUT2D eigenvalue weighted by Crippen LogP contribution is 2.23. The number of thioether (sulfide) groups is 2. The van der Waals surface area contributed by atoms with Crippen LogP contribution in [-0.4, -0.2) is 60.8 Å². The number of rotatable bonds is 4. The van der Waals surface area contributed by atoms with Crippen molar-refractivity contribution in [2.24, 2.45) is 0 Å². The van der Waals surface area contributed by atoms with Crippen LogP contribution in [0.2, 0.25) is 0 Å². The molecule has 0 saturated carbocycles. The molecule has 2 heterocycles. The largest absolute Gasteiger partial charge is 0.375 e. The van der Waals surface area contributed by atoms with Crippen molar-refractivity contribution in [2.45, 2.75) is 17.8 Å². The van der Waals surface area contributed by atoms with Crippen LogP contribution in [0.1, 0.15) is 6.42 Å². The summed E-state index contributed by atoms with van der Waals surface area (Å²) in [4.78, 5) is 11.7. The first kappa shape index (κ1) is 16.4. The van der Waals surface area contributed by atoms with Gasteiger partial charge < -0.3 is 15.4 Å². The summed E-state index contributed by atoms with van der Waals surface area (Å²) in [7, 11) is 0. The second kappa shape index (κ2) is 9.31. The van der Waals surface area contributed by atoms with Gasteiger partial charge in [-0.3, -0.25) is 4.79 Å². The predicted molar refractivity (Wildman–Crippen MR) is 81.1 cm³/mol. The van der Waals surface area contributed by atoms with Gasteiger partial charge in [-0.15, -0.1) is 12.4 Å². The van der Waals surface area contributed by atoms with Crippen molar-refractivity contribution in [1.82, 2.24) is 10.6 Å². The van der Waals surface area contributed by atoms with Crippen molar-refractivity contribution >= 4 is 41.8 Å². The number of morpholine rings is 1. The number of halogens is 1. The Balaban J connectivity index is 0.00000162. The fraction of sp³-hybridized carbons (Fsp3) is 0.909. The molecule has 2 aliphatic rings. The van der Waals surface area contributed by atoms with Crippen LogP contribution in [0.5, 0.6) is 0 Å². The highest BCUT2D eigenvalue weighted by Gasteiger charge is 2.19. The second-order valence-corrected chi connectivity index (χ2v) is 6.83. The van der Waals surface area contributed by atoms with Crippen LogP contribution < -0.4 is 10.6 Å². The highest BCUT2D eigenvalue weighted by atomic mass is 35.5. The van der Waals surface area contributed by atoms with E-state index in [0.29, 0.717) is 18.3 Å². The minimum atomic E-state index is 0. The lowest BCUT2D eigenvalue weighted by Gasteiger charge is -2.24. The number of amides is 1. The topological polar surface area (TPSA) is 50.4 Å². The van der Waals surface area contributed by atoms with E-state index in [0.717, 1.165) is 25.4 Å². The Hall–Kier alpha value is 0.380. The van der Waals surface area contributed by atoms with Gasteiger partial charge in [0.1, 0.15) is 0 Å². The molecule has 0 aromatic carbocycles. The van der Waals surface area contributed by atoms with Gasteiger partial charge in [-0.25, -0.2) is 0 Å². The van der Waals surface area contributed by atoms with E-state index in [4.69, 9.17) is 4.74 Å². The maximum atomic E-state index is 11.7. The molecule has 7 heteroatoms. The number of hydrogen-bond acceptors (Lipinski definition) is 5. The van der Waals surface area contributed by atoms with E-state index in [1.807, 2.05) is 23.5 Å². The van der Waals surface area contributed by atoms with E-state index in [2.05, 4.69) is 10.6 Å². The number of ether oxygens (including phenoxy) is 1. The molecule has 2 unspecified atom stereocenters. The SMILES string of the molecule is Cl.O=C(CC1CNCCO1)NCC1CSCCS1. The molecular weight excluding hydrogens is 292 g/mol.